The van der Waals surface area contributed by atoms with Crippen molar-refractivity contribution in [1.29, 1.82) is 0 Å². The molecule has 29 heavy (non-hydrogen) atoms. The Morgan fingerprint density at radius 2 is 1.86 bits per heavy atom. The fourth-order valence-electron chi connectivity index (χ4n) is 3.25. The lowest BCUT2D eigenvalue weighted by Gasteiger charge is -2.32. The Labute approximate surface area is 181 Å². The first-order valence-corrected chi connectivity index (χ1v) is 12.4. The van der Waals surface area contributed by atoms with Crippen LogP contribution in [-0.2, 0) is 14.8 Å². The SMILES string of the molecule is Cc1ccc(S(=O)(=O)NCC2CCCN(C(=O)CSc3ccc(Cl)cc3)C2)cc1. The predicted octanol–water partition coefficient (Wildman–Crippen LogP) is 3.96. The molecule has 0 aromatic heterocycles. The largest absolute Gasteiger partial charge is 0.342 e. The first-order valence-electron chi connectivity index (χ1n) is 9.56. The molecule has 3 rings (SSSR count). The number of carbonyl (C=O) groups is 1. The van der Waals surface area contributed by atoms with Gasteiger partial charge in [0.25, 0.3) is 0 Å². The van der Waals surface area contributed by atoms with E-state index in [1.54, 1.807) is 24.3 Å². The van der Waals surface area contributed by atoms with Crippen molar-refractivity contribution in [1.82, 2.24) is 9.62 Å². The molecule has 0 spiro atoms. The van der Waals surface area contributed by atoms with Gasteiger partial charge < -0.3 is 4.90 Å². The van der Waals surface area contributed by atoms with E-state index in [0.717, 1.165) is 29.8 Å². The zero-order valence-electron chi connectivity index (χ0n) is 16.3. The van der Waals surface area contributed by atoms with Crippen LogP contribution in [0.2, 0.25) is 5.02 Å². The van der Waals surface area contributed by atoms with Crippen molar-refractivity contribution in [3.8, 4) is 0 Å². The molecule has 0 bridgehead atoms. The van der Waals surface area contributed by atoms with Crippen molar-refractivity contribution in [2.45, 2.75) is 29.6 Å². The van der Waals surface area contributed by atoms with Gasteiger partial charge >= 0.3 is 0 Å². The fraction of sp³-hybridized carbons (Fsp3) is 0.381. The number of piperidine rings is 1. The first kappa shape index (κ1) is 22.2. The summed E-state index contributed by atoms with van der Waals surface area (Å²) in [6.45, 7) is 3.56. The number of amides is 1. The average Bonchev–Trinajstić information content (AvgIpc) is 2.72. The monoisotopic (exact) mass is 452 g/mol. The van der Waals surface area contributed by atoms with Crippen molar-refractivity contribution in [2.24, 2.45) is 5.92 Å². The number of nitrogens with zero attached hydrogens (tertiary/aromatic N) is 1. The van der Waals surface area contributed by atoms with Crippen molar-refractivity contribution in [2.75, 3.05) is 25.4 Å². The number of likely N-dealkylation sites (tertiary alicyclic amines) is 1. The molecular weight excluding hydrogens is 428 g/mol. The number of carbonyl (C=O) groups excluding carboxylic acids is 1. The second-order valence-electron chi connectivity index (χ2n) is 7.26. The number of hydrogen-bond acceptors (Lipinski definition) is 4. The van der Waals surface area contributed by atoms with E-state index in [0.29, 0.717) is 23.9 Å². The van der Waals surface area contributed by atoms with Crippen LogP contribution in [0.5, 0.6) is 0 Å². The number of thioether (sulfide) groups is 1. The lowest BCUT2D eigenvalue weighted by molar-refractivity contribution is -0.130. The molecule has 2 aromatic rings. The quantitative estimate of drug-likeness (QED) is 0.646. The number of benzene rings is 2. The molecule has 1 N–H and O–H groups in total. The minimum absolute atomic E-state index is 0.0797. The lowest BCUT2D eigenvalue weighted by Crippen LogP contribution is -2.44. The maximum atomic E-state index is 12.6. The van der Waals surface area contributed by atoms with Gasteiger partial charge in [0.2, 0.25) is 15.9 Å². The van der Waals surface area contributed by atoms with Crippen molar-refractivity contribution in [3.63, 3.8) is 0 Å². The molecule has 1 saturated heterocycles. The van der Waals surface area contributed by atoms with Gasteiger partial charge in [-0.05, 0) is 62.1 Å². The molecule has 1 unspecified atom stereocenters. The number of hydrogen-bond donors (Lipinski definition) is 1. The Hall–Kier alpha value is -1.54. The highest BCUT2D eigenvalue weighted by atomic mass is 35.5. The molecule has 8 heteroatoms. The summed E-state index contributed by atoms with van der Waals surface area (Å²) < 4.78 is 27.7. The Morgan fingerprint density at radius 1 is 1.17 bits per heavy atom. The minimum atomic E-state index is -3.53. The third-order valence-corrected chi connectivity index (χ3v) is 7.63. The summed E-state index contributed by atoms with van der Waals surface area (Å²) in [5.74, 6) is 0.563. The molecule has 156 valence electrons. The maximum absolute atomic E-state index is 12.6. The summed E-state index contributed by atoms with van der Waals surface area (Å²) in [5, 5.41) is 0.674. The van der Waals surface area contributed by atoms with Crippen LogP contribution in [0.3, 0.4) is 0 Å². The minimum Gasteiger partial charge on any atom is -0.342 e. The second-order valence-corrected chi connectivity index (χ2v) is 10.5. The number of nitrogens with one attached hydrogen (secondary N) is 1. The first-order chi connectivity index (χ1) is 13.8. The Bertz CT molecular complexity index is 931. The number of rotatable bonds is 7. The van der Waals surface area contributed by atoms with Crippen LogP contribution in [0.1, 0.15) is 18.4 Å². The lowest BCUT2D eigenvalue weighted by atomic mass is 9.98. The van der Waals surface area contributed by atoms with E-state index in [4.69, 9.17) is 11.6 Å². The van der Waals surface area contributed by atoms with E-state index in [9.17, 15) is 13.2 Å². The zero-order chi connectivity index (χ0) is 20.9. The van der Waals surface area contributed by atoms with Crippen molar-refractivity contribution >= 4 is 39.3 Å². The standard InChI is InChI=1S/C21H25ClN2O3S2/c1-16-4-10-20(11-5-16)29(26,27)23-13-17-3-2-12-24(14-17)21(25)15-28-19-8-6-18(22)7-9-19/h4-11,17,23H,2-3,12-15H2,1H3. The Balaban J connectivity index is 1.50. The van der Waals surface area contributed by atoms with E-state index in [1.807, 2.05) is 36.1 Å². The Kier molecular flexibility index (Phi) is 7.62. The topological polar surface area (TPSA) is 66.5 Å². The third kappa shape index (κ3) is 6.47. The summed E-state index contributed by atoms with van der Waals surface area (Å²) in [4.78, 5) is 15.7. The van der Waals surface area contributed by atoms with Gasteiger partial charge in [0.1, 0.15) is 0 Å². The van der Waals surface area contributed by atoms with Crippen LogP contribution in [-0.4, -0.2) is 44.6 Å². The molecule has 1 amide bonds. The molecule has 0 saturated carbocycles. The number of sulfonamides is 1. The van der Waals surface area contributed by atoms with Gasteiger partial charge in [-0.2, -0.15) is 0 Å². The second kappa shape index (κ2) is 9.98. The van der Waals surface area contributed by atoms with Gasteiger partial charge in [-0.3, -0.25) is 4.79 Å². The highest BCUT2D eigenvalue weighted by molar-refractivity contribution is 8.00. The molecule has 1 heterocycles. The smallest absolute Gasteiger partial charge is 0.240 e. The van der Waals surface area contributed by atoms with Crippen LogP contribution in [0.25, 0.3) is 0 Å². The van der Waals surface area contributed by atoms with Crippen LogP contribution < -0.4 is 4.72 Å². The van der Waals surface area contributed by atoms with Crippen LogP contribution in [0.15, 0.2) is 58.3 Å². The summed E-state index contributed by atoms with van der Waals surface area (Å²) >= 11 is 7.37. The van der Waals surface area contributed by atoms with E-state index in [-0.39, 0.29) is 16.7 Å². The van der Waals surface area contributed by atoms with Gasteiger partial charge in [0, 0.05) is 29.6 Å². The molecule has 1 aliphatic heterocycles. The fourth-order valence-corrected chi connectivity index (χ4v) is 5.30. The van der Waals surface area contributed by atoms with Crippen LogP contribution in [0, 0.1) is 12.8 Å². The summed E-state index contributed by atoms with van der Waals surface area (Å²) in [7, 11) is -3.53. The normalized spacial score (nSPS) is 17.3. The van der Waals surface area contributed by atoms with E-state index < -0.39 is 10.0 Å². The molecule has 0 radical (unpaired) electrons. The van der Waals surface area contributed by atoms with E-state index >= 15 is 0 Å². The van der Waals surface area contributed by atoms with Gasteiger partial charge in [0.15, 0.2) is 0 Å². The molecule has 1 aliphatic rings. The molecular formula is C21H25ClN2O3S2. The van der Waals surface area contributed by atoms with Crippen LogP contribution >= 0.6 is 23.4 Å². The van der Waals surface area contributed by atoms with Gasteiger partial charge in [0.05, 0.1) is 10.6 Å². The third-order valence-electron chi connectivity index (χ3n) is 4.94. The van der Waals surface area contributed by atoms with Gasteiger partial charge in [-0.25, -0.2) is 13.1 Å². The van der Waals surface area contributed by atoms with Gasteiger partial charge in [-0.1, -0.05) is 29.3 Å². The highest BCUT2D eigenvalue weighted by Gasteiger charge is 2.25. The zero-order valence-corrected chi connectivity index (χ0v) is 18.7. The molecule has 5 nitrogen and oxygen atoms in total. The molecule has 1 fully saturated rings. The maximum Gasteiger partial charge on any atom is 0.240 e. The summed E-state index contributed by atoms with van der Waals surface area (Å²) in [6.07, 6.45) is 1.79. The summed E-state index contributed by atoms with van der Waals surface area (Å²) in [5.41, 5.74) is 1.02. The number of halogens is 1. The van der Waals surface area contributed by atoms with E-state index in [2.05, 4.69) is 4.72 Å². The average molecular weight is 453 g/mol. The van der Waals surface area contributed by atoms with Crippen molar-refractivity contribution in [3.05, 3.63) is 59.1 Å². The van der Waals surface area contributed by atoms with Gasteiger partial charge in [-0.15, -0.1) is 11.8 Å². The molecule has 2 aromatic carbocycles. The van der Waals surface area contributed by atoms with Crippen LogP contribution in [0.4, 0.5) is 0 Å². The highest BCUT2D eigenvalue weighted by Crippen LogP contribution is 2.23. The van der Waals surface area contributed by atoms with E-state index in [1.165, 1.54) is 11.8 Å². The Morgan fingerprint density at radius 3 is 2.55 bits per heavy atom. The number of aryl methyl sites for hydroxylation is 1. The predicted molar refractivity (Wildman–Crippen MR) is 118 cm³/mol. The molecule has 1 atom stereocenters. The summed E-state index contributed by atoms with van der Waals surface area (Å²) in [6, 6.07) is 14.2. The molecule has 0 aliphatic carbocycles. The van der Waals surface area contributed by atoms with Crippen molar-refractivity contribution < 1.29 is 13.2 Å².